The van der Waals surface area contributed by atoms with Crippen molar-refractivity contribution in [2.45, 2.75) is 26.3 Å². The Morgan fingerprint density at radius 2 is 2.00 bits per heavy atom. The molecule has 0 aliphatic heterocycles. The van der Waals surface area contributed by atoms with Gasteiger partial charge in [0.2, 0.25) is 0 Å². The predicted octanol–water partition coefficient (Wildman–Crippen LogP) is 3.34. The van der Waals surface area contributed by atoms with E-state index in [1.54, 1.807) is 6.07 Å². The summed E-state index contributed by atoms with van der Waals surface area (Å²) in [5, 5.41) is 3.27. The molecule has 2 aromatic rings. The molecule has 3 heteroatoms. The Bertz CT molecular complexity index is 549. The Balaban J connectivity index is 2.23. The third kappa shape index (κ3) is 3.38. The number of nitrogens with one attached hydrogen (secondary N) is 1. The highest BCUT2D eigenvalue weighted by Crippen LogP contribution is 2.20. The van der Waals surface area contributed by atoms with Crippen molar-refractivity contribution in [3.63, 3.8) is 0 Å². The van der Waals surface area contributed by atoms with Crippen LogP contribution in [0.1, 0.15) is 28.4 Å². The van der Waals surface area contributed by atoms with E-state index < -0.39 is 0 Å². The molecule has 0 bridgehead atoms. The lowest BCUT2D eigenvalue weighted by molar-refractivity contribution is 0.580. The van der Waals surface area contributed by atoms with Gasteiger partial charge in [-0.2, -0.15) is 0 Å². The van der Waals surface area contributed by atoms with E-state index in [0.717, 1.165) is 28.8 Å². The Morgan fingerprint density at radius 1 is 1.21 bits per heavy atom. The average molecular weight is 258 g/mol. The van der Waals surface area contributed by atoms with Crippen molar-refractivity contribution in [2.24, 2.45) is 0 Å². The molecule has 0 aliphatic rings. The molecule has 1 heterocycles. The van der Waals surface area contributed by atoms with Crippen LogP contribution in [0.15, 0.2) is 36.5 Å². The first kappa shape index (κ1) is 13.7. The van der Waals surface area contributed by atoms with Crippen LogP contribution in [0.4, 0.5) is 4.39 Å². The van der Waals surface area contributed by atoms with Crippen molar-refractivity contribution in [1.82, 2.24) is 10.3 Å². The molecule has 1 unspecified atom stereocenters. The van der Waals surface area contributed by atoms with Crippen LogP contribution in [0.5, 0.6) is 0 Å². The number of aryl methyl sites for hydroxylation is 2. The highest BCUT2D eigenvalue weighted by atomic mass is 19.1. The van der Waals surface area contributed by atoms with Gasteiger partial charge in [0, 0.05) is 17.9 Å². The number of hydrogen-bond donors (Lipinski definition) is 1. The van der Waals surface area contributed by atoms with Gasteiger partial charge in [0.15, 0.2) is 0 Å². The first-order valence-electron chi connectivity index (χ1n) is 6.45. The van der Waals surface area contributed by atoms with E-state index in [9.17, 15) is 4.39 Å². The lowest BCUT2D eigenvalue weighted by Crippen LogP contribution is -2.19. The minimum Gasteiger partial charge on any atom is -0.313 e. The van der Waals surface area contributed by atoms with E-state index in [4.69, 9.17) is 0 Å². The predicted molar refractivity (Wildman–Crippen MR) is 75.6 cm³/mol. The molecular formula is C16H19FN2. The maximum absolute atomic E-state index is 13.3. The molecule has 1 aromatic heterocycles. The van der Waals surface area contributed by atoms with E-state index in [-0.39, 0.29) is 11.9 Å². The number of rotatable bonds is 4. The minimum absolute atomic E-state index is 0.147. The highest BCUT2D eigenvalue weighted by Gasteiger charge is 2.12. The lowest BCUT2D eigenvalue weighted by Gasteiger charge is -2.18. The van der Waals surface area contributed by atoms with Crippen LogP contribution in [-0.2, 0) is 6.42 Å². The smallest absolute Gasteiger partial charge is 0.123 e. The average Bonchev–Trinajstić information content (AvgIpc) is 2.41. The zero-order valence-electron chi connectivity index (χ0n) is 11.6. The summed E-state index contributed by atoms with van der Waals surface area (Å²) >= 11 is 0. The second kappa shape index (κ2) is 5.93. The van der Waals surface area contributed by atoms with Crippen molar-refractivity contribution < 1.29 is 4.39 Å². The second-order valence-corrected chi connectivity index (χ2v) is 4.85. The topological polar surface area (TPSA) is 24.9 Å². The molecule has 2 rings (SSSR count). The van der Waals surface area contributed by atoms with Crippen LogP contribution >= 0.6 is 0 Å². The molecule has 1 aromatic carbocycles. The van der Waals surface area contributed by atoms with E-state index in [2.05, 4.69) is 16.4 Å². The fourth-order valence-electron chi connectivity index (χ4n) is 2.15. The van der Waals surface area contributed by atoms with Gasteiger partial charge >= 0.3 is 0 Å². The molecule has 0 fully saturated rings. The first-order valence-corrected chi connectivity index (χ1v) is 6.45. The lowest BCUT2D eigenvalue weighted by atomic mass is 9.97. The molecule has 0 radical (unpaired) electrons. The molecule has 19 heavy (non-hydrogen) atoms. The first-order chi connectivity index (χ1) is 9.10. The number of halogens is 1. The molecule has 1 atom stereocenters. The Labute approximate surface area is 113 Å². The number of benzene rings is 1. The summed E-state index contributed by atoms with van der Waals surface area (Å²) in [6, 6.07) is 9.15. The molecule has 0 saturated heterocycles. The molecule has 0 spiro atoms. The van der Waals surface area contributed by atoms with E-state index >= 15 is 0 Å². The summed E-state index contributed by atoms with van der Waals surface area (Å²) in [5.41, 5.74) is 4.26. The van der Waals surface area contributed by atoms with Crippen LogP contribution in [0.2, 0.25) is 0 Å². The van der Waals surface area contributed by atoms with Gasteiger partial charge in [0.1, 0.15) is 5.82 Å². The Hall–Kier alpha value is -1.74. The Morgan fingerprint density at radius 3 is 2.63 bits per heavy atom. The standard InChI is InChI=1S/C16H19FN2/c1-11-4-7-15(17)8-14(11)9-16(18-3)13-6-5-12(2)19-10-13/h4-8,10,16,18H,9H2,1-3H3. The van der Waals surface area contributed by atoms with Crippen molar-refractivity contribution in [1.29, 1.82) is 0 Å². The number of pyridine rings is 1. The monoisotopic (exact) mass is 258 g/mol. The van der Waals surface area contributed by atoms with Gasteiger partial charge in [-0.25, -0.2) is 4.39 Å². The molecule has 1 N–H and O–H groups in total. The van der Waals surface area contributed by atoms with Gasteiger partial charge in [0.25, 0.3) is 0 Å². The number of likely N-dealkylation sites (N-methyl/N-ethyl adjacent to an activating group) is 1. The molecular weight excluding hydrogens is 239 g/mol. The second-order valence-electron chi connectivity index (χ2n) is 4.85. The summed E-state index contributed by atoms with van der Waals surface area (Å²) in [6.45, 7) is 3.98. The molecule has 2 nitrogen and oxygen atoms in total. The zero-order chi connectivity index (χ0) is 13.8. The van der Waals surface area contributed by atoms with Gasteiger partial charge in [-0.3, -0.25) is 4.98 Å². The summed E-state index contributed by atoms with van der Waals surface area (Å²) in [4.78, 5) is 4.32. The fourth-order valence-corrected chi connectivity index (χ4v) is 2.15. The summed E-state index contributed by atoms with van der Waals surface area (Å²) in [7, 11) is 1.92. The third-order valence-electron chi connectivity index (χ3n) is 3.42. The van der Waals surface area contributed by atoms with Crippen LogP contribution < -0.4 is 5.32 Å². The summed E-state index contributed by atoms with van der Waals surface area (Å²) in [5.74, 6) is -0.183. The van der Waals surface area contributed by atoms with E-state index in [1.165, 1.54) is 6.07 Å². The van der Waals surface area contributed by atoms with E-state index in [0.29, 0.717) is 0 Å². The van der Waals surface area contributed by atoms with E-state index in [1.807, 2.05) is 39.2 Å². The van der Waals surface area contributed by atoms with Crippen molar-refractivity contribution in [2.75, 3.05) is 7.05 Å². The summed E-state index contributed by atoms with van der Waals surface area (Å²) < 4.78 is 13.3. The minimum atomic E-state index is -0.183. The van der Waals surface area contributed by atoms with Crippen molar-refractivity contribution >= 4 is 0 Å². The normalized spacial score (nSPS) is 12.4. The van der Waals surface area contributed by atoms with Gasteiger partial charge in [0.05, 0.1) is 0 Å². The third-order valence-corrected chi connectivity index (χ3v) is 3.42. The number of hydrogen-bond acceptors (Lipinski definition) is 2. The van der Waals surface area contributed by atoms with Crippen molar-refractivity contribution in [3.8, 4) is 0 Å². The molecule has 100 valence electrons. The van der Waals surface area contributed by atoms with Crippen LogP contribution in [-0.4, -0.2) is 12.0 Å². The summed E-state index contributed by atoms with van der Waals surface area (Å²) in [6.07, 6.45) is 2.63. The molecule has 0 saturated carbocycles. The highest BCUT2D eigenvalue weighted by molar-refractivity contribution is 5.29. The SMILES string of the molecule is CNC(Cc1cc(F)ccc1C)c1ccc(C)nc1. The van der Waals surface area contributed by atoms with Gasteiger partial charge in [-0.1, -0.05) is 12.1 Å². The van der Waals surface area contributed by atoms with Gasteiger partial charge in [-0.05, 0) is 62.2 Å². The quantitative estimate of drug-likeness (QED) is 0.909. The zero-order valence-corrected chi connectivity index (χ0v) is 11.6. The maximum atomic E-state index is 13.3. The van der Waals surface area contributed by atoms with Crippen LogP contribution in [0.3, 0.4) is 0 Å². The van der Waals surface area contributed by atoms with Gasteiger partial charge in [-0.15, -0.1) is 0 Å². The molecule has 0 aliphatic carbocycles. The largest absolute Gasteiger partial charge is 0.313 e. The fraction of sp³-hybridized carbons (Fsp3) is 0.312. The van der Waals surface area contributed by atoms with Crippen LogP contribution in [0, 0.1) is 19.7 Å². The van der Waals surface area contributed by atoms with Gasteiger partial charge < -0.3 is 5.32 Å². The maximum Gasteiger partial charge on any atom is 0.123 e. The molecule has 0 amide bonds. The van der Waals surface area contributed by atoms with Crippen molar-refractivity contribution in [3.05, 3.63) is 64.7 Å². The van der Waals surface area contributed by atoms with Crippen LogP contribution in [0.25, 0.3) is 0 Å². The Kier molecular flexibility index (Phi) is 4.27. The number of nitrogens with zero attached hydrogens (tertiary/aromatic N) is 1. The number of aromatic nitrogens is 1.